The van der Waals surface area contributed by atoms with Crippen molar-refractivity contribution in [3.63, 3.8) is 0 Å². The topological polar surface area (TPSA) is 54.2 Å². The molecule has 5 nitrogen and oxygen atoms in total. The Kier molecular flexibility index (Phi) is 3.93. The smallest absolute Gasteiger partial charge is 0.152 e. The van der Waals surface area contributed by atoms with Crippen molar-refractivity contribution < 1.29 is 0 Å². The number of aryl methyl sites for hydroxylation is 1. The third-order valence-corrected chi connectivity index (χ3v) is 2.53. The Morgan fingerprint density at radius 2 is 2.18 bits per heavy atom. The molecule has 2 heterocycles. The SMILES string of the molecule is CCCNCCNc1nccn2nc(C)cc12. The molecule has 0 aliphatic carbocycles. The molecule has 0 atom stereocenters. The van der Waals surface area contributed by atoms with Gasteiger partial charge in [0.1, 0.15) is 5.52 Å². The van der Waals surface area contributed by atoms with Gasteiger partial charge >= 0.3 is 0 Å². The van der Waals surface area contributed by atoms with Crippen LogP contribution in [0, 0.1) is 6.92 Å². The molecule has 0 radical (unpaired) electrons. The molecule has 2 rings (SSSR count). The Balaban J connectivity index is 1.98. The standard InChI is InChI=1S/C12H19N5/c1-3-4-13-5-6-14-12-11-9-10(2)16-17(11)8-7-15-12/h7-9,13H,3-6H2,1-2H3,(H,14,15). The Labute approximate surface area is 101 Å². The lowest BCUT2D eigenvalue weighted by Crippen LogP contribution is -2.23. The first kappa shape index (κ1) is 11.9. The summed E-state index contributed by atoms with van der Waals surface area (Å²) >= 11 is 0. The van der Waals surface area contributed by atoms with Crippen molar-refractivity contribution in [2.24, 2.45) is 0 Å². The van der Waals surface area contributed by atoms with Gasteiger partial charge in [0, 0.05) is 25.5 Å². The summed E-state index contributed by atoms with van der Waals surface area (Å²) in [5.41, 5.74) is 2.03. The zero-order valence-corrected chi connectivity index (χ0v) is 10.4. The molecular weight excluding hydrogens is 214 g/mol. The van der Waals surface area contributed by atoms with E-state index >= 15 is 0 Å². The van der Waals surface area contributed by atoms with Crippen LogP contribution in [0.25, 0.3) is 5.52 Å². The van der Waals surface area contributed by atoms with Gasteiger partial charge in [0.05, 0.1) is 5.69 Å². The van der Waals surface area contributed by atoms with E-state index in [1.807, 2.05) is 23.7 Å². The third-order valence-electron chi connectivity index (χ3n) is 2.53. The Bertz CT molecular complexity index is 477. The highest BCUT2D eigenvalue weighted by atomic mass is 15.2. The van der Waals surface area contributed by atoms with Gasteiger partial charge < -0.3 is 10.6 Å². The van der Waals surface area contributed by atoms with Crippen LogP contribution in [0.3, 0.4) is 0 Å². The van der Waals surface area contributed by atoms with E-state index in [-0.39, 0.29) is 0 Å². The maximum atomic E-state index is 4.35. The first-order valence-electron chi connectivity index (χ1n) is 6.07. The minimum absolute atomic E-state index is 0.872. The normalized spacial score (nSPS) is 10.9. The number of fused-ring (bicyclic) bond motifs is 1. The van der Waals surface area contributed by atoms with Gasteiger partial charge in [-0.05, 0) is 26.0 Å². The van der Waals surface area contributed by atoms with Crippen LogP contribution in [0.2, 0.25) is 0 Å². The average molecular weight is 233 g/mol. The van der Waals surface area contributed by atoms with Gasteiger partial charge in [-0.3, -0.25) is 0 Å². The Morgan fingerprint density at radius 1 is 1.29 bits per heavy atom. The number of hydrogen-bond acceptors (Lipinski definition) is 4. The van der Waals surface area contributed by atoms with Gasteiger partial charge in [-0.2, -0.15) is 5.10 Å². The van der Waals surface area contributed by atoms with E-state index in [1.54, 1.807) is 6.20 Å². The molecule has 17 heavy (non-hydrogen) atoms. The van der Waals surface area contributed by atoms with E-state index < -0.39 is 0 Å². The highest BCUT2D eigenvalue weighted by molar-refractivity contribution is 5.67. The fourth-order valence-corrected chi connectivity index (χ4v) is 1.75. The first-order valence-corrected chi connectivity index (χ1v) is 6.07. The molecule has 0 spiro atoms. The van der Waals surface area contributed by atoms with Gasteiger partial charge in [0.2, 0.25) is 0 Å². The van der Waals surface area contributed by atoms with Crippen LogP contribution in [0.5, 0.6) is 0 Å². The molecule has 0 fully saturated rings. The predicted molar refractivity (Wildman–Crippen MR) is 69.4 cm³/mol. The first-order chi connectivity index (χ1) is 8.31. The fraction of sp³-hybridized carbons (Fsp3) is 0.500. The summed E-state index contributed by atoms with van der Waals surface area (Å²) in [5.74, 6) is 0.895. The minimum atomic E-state index is 0.872. The van der Waals surface area contributed by atoms with Crippen LogP contribution >= 0.6 is 0 Å². The average Bonchev–Trinajstić information content (AvgIpc) is 2.70. The van der Waals surface area contributed by atoms with Crippen LogP contribution in [0.4, 0.5) is 5.82 Å². The number of aromatic nitrogens is 3. The maximum Gasteiger partial charge on any atom is 0.152 e. The zero-order chi connectivity index (χ0) is 12.1. The van der Waals surface area contributed by atoms with Crippen molar-refractivity contribution in [3.05, 3.63) is 24.2 Å². The molecule has 2 N–H and O–H groups in total. The molecule has 0 aliphatic rings. The van der Waals surface area contributed by atoms with E-state index in [0.29, 0.717) is 0 Å². The number of nitrogens with zero attached hydrogens (tertiary/aromatic N) is 3. The fourth-order valence-electron chi connectivity index (χ4n) is 1.75. The van der Waals surface area contributed by atoms with Crippen molar-refractivity contribution in [2.45, 2.75) is 20.3 Å². The van der Waals surface area contributed by atoms with E-state index in [2.05, 4.69) is 27.6 Å². The molecule has 2 aromatic heterocycles. The highest BCUT2D eigenvalue weighted by Gasteiger charge is 2.03. The lowest BCUT2D eigenvalue weighted by molar-refractivity contribution is 0.687. The van der Waals surface area contributed by atoms with Crippen molar-refractivity contribution in [3.8, 4) is 0 Å². The lowest BCUT2D eigenvalue weighted by Gasteiger charge is -2.07. The van der Waals surface area contributed by atoms with Gasteiger partial charge in [-0.25, -0.2) is 9.50 Å². The van der Waals surface area contributed by atoms with Gasteiger partial charge in [-0.1, -0.05) is 6.92 Å². The molecular formula is C12H19N5. The Morgan fingerprint density at radius 3 is 3.00 bits per heavy atom. The molecule has 92 valence electrons. The number of hydrogen-bond donors (Lipinski definition) is 2. The van der Waals surface area contributed by atoms with Crippen molar-refractivity contribution in [1.29, 1.82) is 0 Å². The van der Waals surface area contributed by atoms with Crippen molar-refractivity contribution in [2.75, 3.05) is 25.0 Å². The molecule has 5 heteroatoms. The lowest BCUT2D eigenvalue weighted by atomic mass is 10.4. The quantitative estimate of drug-likeness (QED) is 0.741. The van der Waals surface area contributed by atoms with Crippen molar-refractivity contribution in [1.82, 2.24) is 19.9 Å². The maximum absolute atomic E-state index is 4.35. The molecule has 0 saturated heterocycles. The van der Waals surface area contributed by atoms with Gasteiger partial charge in [-0.15, -0.1) is 0 Å². The molecule has 0 aliphatic heterocycles. The summed E-state index contributed by atoms with van der Waals surface area (Å²) in [6.07, 6.45) is 4.79. The van der Waals surface area contributed by atoms with Crippen LogP contribution in [0.1, 0.15) is 19.0 Å². The van der Waals surface area contributed by atoms with Gasteiger partial charge in [0.25, 0.3) is 0 Å². The second-order valence-electron chi connectivity index (χ2n) is 4.07. The third kappa shape index (κ3) is 2.94. The summed E-state index contributed by atoms with van der Waals surface area (Å²) in [5, 5.41) is 11.0. The molecule has 0 amide bonds. The monoisotopic (exact) mass is 233 g/mol. The summed E-state index contributed by atoms with van der Waals surface area (Å²) < 4.78 is 1.85. The summed E-state index contributed by atoms with van der Waals surface area (Å²) in [4.78, 5) is 4.34. The highest BCUT2D eigenvalue weighted by Crippen LogP contribution is 2.13. The van der Waals surface area contributed by atoms with Crippen molar-refractivity contribution >= 4 is 11.3 Å². The molecule has 2 aromatic rings. The summed E-state index contributed by atoms with van der Waals surface area (Å²) in [6.45, 7) is 7.03. The molecule has 0 bridgehead atoms. The molecule has 0 aromatic carbocycles. The number of rotatable bonds is 6. The number of nitrogens with one attached hydrogen (secondary N) is 2. The van der Waals surface area contributed by atoms with E-state index in [1.165, 1.54) is 0 Å². The van der Waals surface area contributed by atoms with E-state index in [9.17, 15) is 0 Å². The van der Waals surface area contributed by atoms with Crippen LogP contribution in [-0.2, 0) is 0 Å². The van der Waals surface area contributed by atoms with Crippen LogP contribution < -0.4 is 10.6 Å². The molecule has 0 saturated carbocycles. The molecule has 0 unspecified atom stereocenters. The van der Waals surface area contributed by atoms with Crippen LogP contribution in [0.15, 0.2) is 18.5 Å². The zero-order valence-electron chi connectivity index (χ0n) is 10.4. The van der Waals surface area contributed by atoms with E-state index in [4.69, 9.17) is 0 Å². The van der Waals surface area contributed by atoms with Crippen LogP contribution in [-0.4, -0.2) is 34.2 Å². The largest absolute Gasteiger partial charge is 0.367 e. The predicted octanol–water partition coefficient (Wildman–Crippen LogP) is 1.45. The second-order valence-corrected chi connectivity index (χ2v) is 4.07. The van der Waals surface area contributed by atoms with E-state index in [0.717, 1.165) is 43.1 Å². The minimum Gasteiger partial charge on any atom is -0.367 e. The Hall–Kier alpha value is -1.62. The second kappa shape index (κ2) is 5.63. The summed E-state index contributed by atoms with van der Waals surface area (Å²) in [7, 11) is 0. The number of anilines is 1. The summed E-state index contributed by atoms with van der Waals surface area (Å²) in [6, 6.07) is 2.04. The van der Waals surface area contributed by atoms with Gasteiger partial charge in [0.15, 0.2) is 5.82 Å².